The predicted molar refractivity (Wildman–Crippen MR) is 78.7 cm³/mol. The van der Waals surface area contributed by atoms with Gasteiger partial charge in [-0.1, -0.05) is 17.7 Å². The molecule has 0 spiro atoms. The number of methoxy groups -OCH3 is 1. The molecule has 0 aromatic heterocycles. The van der Waals surface area contributed by atoms with Crippen molar-refractivity contribution in [2.24, 2.45) is 0 Å². The largest absolute Gasteiger partial charge is 0.383 e. The molecule has 0 atom stereocenters. The van der Waals surface area contributed by atoms with Crippen molar-refractivity contribution in [1.82, 2.24) is 0 Å². The van der Waals surface area contributed by atoms with Crippen LogP contribution in [0.25, 0.3) is 0 Å². The number of fused-ring (bicyclic) bond motifs is 1. The second kappa shape index (κ2) is 6.07. The van der Waals surface area contributed by atoms with Crippen LogP contribution in [0, 0.1) is 0 Å². The van der Waals surface area contributed by atoms with E-state index in [1.54, 1.807) is 19.3 Å². The van der Waals surface area contributed by atoms with Crippen LogP contribution in [0.3, 0.4) is 0 Å². The van der Waals surface area contributed by atoms with Gasteiger partial charge in [-0.3, -0.25) is 9.59 Å². The first-order valence-electron chi connectivity index (χ1n) is 6.12. The van der Waals surface area contributed by atoms with E-state index < -0.39 is 11.7 Å². The van der Waals surface area contributed by atoms with E-state index >= 15 is 0 Å². The highest BCUT2D eigenvalue weighted by atomic mass is 35.5. The van der Waals surface area contributed by atoms with Crippen molar-refractivity contribution in [2.75, 3.05) is 37.0 Å². The maximum Gasteiger partial charge on any atom is 0.296 e. The Labute approximate surface area is 122 Å². The summed E-state index contributed by atoms with van der Waals surface area (Å²) in [5.74, 6) is -1.18. The van der Waals surface area contributed by atoms with Gasteiger partial charge >= 0.3 is 0 Å². The molecule has 0 saturated carbocycles. The molecule has 1 N–H and O–H groups in total. The minimum absolute atomic E-state index is 0.314. The Morgan fingerprint density at radius 1 is 1.45 bits per heavy atom. The summed E-state index contributed by atoms with van der Waals surface area (Å²) in [4.78, 5) is 24.9. The number of nitrogens with one attached hydrogen (secondary N) is 1. The Kier molecular flexibility index (Phi) is 4.42. The Bertz CT molecular complexity index is 572. The lowest BCUT2D eigenvalue weighted by atomic mass is 10.1. The maximum absolute atomic E-state index is 11.6. The highest BCUT2D eigenvalue weighted by Crippen LogP contribution is 2.35. The first kappa shape index (κ1) is 14.6. The number of ketones is 1. The number of anilines is 2. The number of rotatable bonds is 6. The molecule has 5 nitrogen and oxygen atoms in total. The molecule has 6 heteroatoms. The van der Waals surface area contributed by atoms with Crippen molar-refractivity contribution in [2.45, 2.75) is 0 Å². The smallest absolute Gasteiger partial charge is 0.296 e. The molecular weight excluding hydrogens is 280 g/mol. The number of hydrogen-bond acceptors (Lipinski definition) is 4. The zero-order valence-electron chi connectivity index (χ0n) is 11.1. The van der Waals surface area contributed by atoms with E-state index in [0.717, 1.165) is 5.69 Å². The molecular formula is C14H15ClN2O3. The van der Waals surface area contributed by atoms with Crippen molar-refractivity contribution < 1.29 is 14.3 Å². The number of nitrogens with zero attached hydrogens (tertiary/aromatic N) is 1. The van der Waals surface area contributed by atoms with Crippen LogP contribution in [-0.4, -0.2) is 38.5 Å². The third-order valence-corrected chi connectivity index (χ3v) is 3.34. The van der Waals surface area contributed by atoms with Crippen LogP contribution in [-0.2, 0) is 9.53 Å². The van der Waals surface area contributed by atoms with Gasteiger partial charge in [0.25, 0.3) is 11.7 Å². The average molecular weight is 295 g/mol. The van der Waals surface area contributed by atoms with E-state index in [9.17, 15) is 9.59 Å². The van der Waals surface area contributed by atoms with Crippen LogP contribution < -0.4 is 10.2 Å². The summed E-state index contributed by atoms with van der Waals surface area (Å²) >= 11 is 6.22. The Morgan fingerprint density at radius 2 is 2.20 bits per heavy atom. The minimum atomic E-state index is -0.625. The van der Waals surface area contributed by atoms with Gasteiger partial charge in [0.1, 0.15) is 0 Å². The van der Waals surface area contributed by atoms with E-state index in [2.05, 4.69) is 11.9 Å². The van der Waals surface area contributed by atoms with Crippen LogP contribution in [0.4, 0.5) is 11.4 Å². The fraction of sp³-hybridized carbons (Fsp3) is 0.286. The molecule has 0 bridgehead atoms. The molecule has 1 aliphatic rings. The summed E-state index contributed by atoms with van der Waals surface area (Å²) in [5.41, 5.74) is 1.54. The molecule has 1 amide bonds. The van der Waals surface area contributed by atoms with Crippen molar-refractivity contribution >= 4 is 34.7 Å². The van der Waals surface area contributed by atoms with Gasteiger partial charge < -0.3 is 15.0 Å². The summed E-state index contributed by atoms with van der Waals surface area (Å²) in [5, 5.41) is 2.96. The molecule has 1 aromatic rings. The van der Waals surface area contributed by atoms with Gasteiger partial charge in [0.2, 0.25) is 0 Å². The molecule has 0 fully saturated rings. The molecule has 0 unspecified atom stereocenters. The predicted octanol–water partition coefficient (Wildman–Crippen LogP) is 2.11. The number of carbonyl (C=O) groups excluding carboxylic acids is 2. The normalized spacial score (nSPS) is 13.1. The van der Waals surface area contributed by atoms with Crippen molar-refractivity contribution in [3.63, 3.8) is 0 Å². The van der Waals surface area contributed by atoms with E-state index in [1.807, 2.05) is 4.90 Å². The van der Waals surface area contributed by atoms with E-state index in [-0.39, 0.29) is 0 Å². The number of Topliss-reactive ketones (excluding diaryl/α,β-unsaturated/α-hetero) is 1. The fourth-order valence-electron chi connectivity index (χ4n) is 2.06. The topological polar surface area (TPSA) is 58.6 Å². The van der Waals surface area contributed by atoms with Crippen LogP contribution in [0.2, 0.25) is 5.02 Å². The lowest BCUT2D eigenvalue weighted by Crippen LogP contribution is -2.27. The summed E-state index contributed by atoms with van der Waals surface area (Å²) in [6.07, 6.45) is 1.75. The molecule has 1 heterocycles. The quantitative estimate of drug-likeness (QED) is 0.645. The molecule has 0 aliphatic carbocycles. The second-order valence-corrected chi connectivity index (χ2v) is 4.77. The highest BCUT2D eigenvalue weighted by molar-refractivity contribution is 6.52. The first-order chi connectivity index (χ1) is 9.58. The molecule has 106 valence electrons. The summed E-state index contributed by atoms with van der Waals surface area (Å²) < 4.78 is 5.06. The van der Waals surface area contributed by atoms with Crippen molar-refractivity contribution in [3.05, 3.63) is 35.4 Å². The van der Waals surface area contributed by atoms with Gasteiger partial charge in [-0.25, -0.2) is 0 Å². The van der Waals surface area contributed by atoms with Crippen molar-refractivity contribution in [3.8, 4) is 0 Å². The third-order valence-electron chi connectivity index (χ3n) is 3.04. The van der Waals surface area contributed by atoms with Crippen LogP contribution in [0.5, 0.6) is 0 Å². The molecule has 0 saturated heterocycles. The van der Waals surface area contributed by atoms with Crippen LogP contribution >= 0.6 is 11.6 Å². The van der Waals surface area contributed by atoms with Gasteiger partial charge in [-0.2, -0.15) is 0 Å². The van der Waals surface area contributed by atoms with Crippen LogP contribution in [0.1, 0.15) is 10.4 Å². The Morgan fingerprint density at radius 3 is 2.85 bits per heavy atom. The molecule has 1 aromatic carbocycles. The Hall–Kier alpha value is -1.85. The van der Waals surface area contributed by atoms with Gasteiger partial charge in [0, 0.05) is 20.2 Å². The number of ether oxygens (including phenoxy) is 1. The monoisotopic (exact) mass is 294 g/mol. The lowest BCUT2D eigenvalue weighted by Gasteiger charge is -2.24. The molecule has 2 rings (SSSR count). The zero-order valence-corrected chi connectivity index (χ0v) is 11.9. The lowest BCUT2D eigenvalue weighted by molar-refractivity contribution is -0.112. The fourth-order valence-corrected chi connectivity index (χ4v) is 2.35. The minimum Gasteiger partial charge on any atom is -0.383 e. The third kappa shape index (κ3) is 2.69. The highest BCUT2D eigenvalue weighted by Gasteiger charge is 2.29. The number of carbonyl (C=O) groups is 2. The second-order valence-electron chi connectivity index (χ2n) is 4.36. The first-order valence-corrected chi connectivity index (χ1v) is 6.50. The summed E-state index contributed by atoms with van der Waals surface area (Å²) in [6.45, 7) is 5.46. The SMILES string of the molecule is C=CCN(CCOC)c1cc2c(cc1Cl)C(=O)C(=O)N2. The number of amides is 1. The molecule has 1 aliphatic heterocycles. The average Bonchev–Trinajstić information content (AvgIpc) is 2.70. The van der Waals surface area contributed by atoms with Crippen molar-refractivity contribution in [1.29, 1.82) is 0 Å². The summed E-state index contributed by atoms with van der Waals surface area (Å²) in [6, 6.07) is 3.23. The maximum atomic E-state index is 11.6. The van der Waals surface area contributed by atoms with Crippen LogP contribution in [0.15, 0.2) is 24.8 Å². The number of halogens is 1. The number of hydrogen-bond donors (Lipinski definition) is 1. The molecule has 20 heavy (non-hydrogen) atoms. The number of benzene rings is 1. The van der Waals surface area contributed by atoms with Gasteiger partial charge in [-0.05, 0) is 12.1 Å². The van der Waals surface area contributed by atoms with Gasteiger partial charge in [0.05, 0.1) is 28.6 Å². The summed E-state index contributed by atoms with van der Waals surface area (Å²) in [7, 11) is 1.62. The van der Waals surface area contributed by atoms with E-state index in [1.165, 1.54) is 6.07 Å². The van der Waals surface area contributed by atoms with E-state index in [0.29, 0.717) is 36.0 Å². The molecule has 0 radical (unpaired) electrons. The standard InChI is InChI=1S/C14H15ClN2O3/c1-3-4-17(5-6-20-2)12-8-11-9(7-10(12)15)13(18)14(19)16-11/h3,7-8H,1,4-6H2,2H3,(H,16,18,19). The van der Waals surface area contributed by atoms with Gasteiger partial charge in [-0.15, -0.1) is 6.58 Å². The van der Waals surface area contributed by atoms with Gasteiger partial charge in [0.15, 0.2) is 0 Å². The van der Waals surface area contributed by atoms with E-state index in [4.69, 9.17) is 16.3 Å². The Balaban J connectivity index is 2.36. The zero-order chi connectivity index (χ0) is 14.7.